The molecule has 5 heteroatoms. The molecule has 1 aliphatic heterocycles. The number of halogens is 1. The number of thiocarbonyl (C=S) groups is 1. The molecule has 0 unspecified atom stereocenters. The maximum absolute atomic E-state index is 11.1. The normalized spacial score (nSPS) is 15.9. The number of carbonyl (C=O) groups excluding carboxylic acids is 1. The average Bonchev–Trinajstić information content (AvgIpc) is 2.47. The van der Waals surface area contributed by atoms with Crippen LogP contribution in [-0.2, 0) is 4.79 Å². The van der Waals surface area contributed by atoms with Gasteiger partial charge in [0.2, 0.25) is 5.91 Å². The van der Waals surface area contributed by atoms with Crippen LogP contribution in [0.15, 0.2) is 28.7 Å². The summed E-state index contributed by atoms with van der Waals surface area (Å²) in [5, 5.41) is 3.06. The fourth-order valence-corrected chi connectivity index (χ4v) is 1.82. The topological polar surface area (TPSA) is 32.3 Å². The molecule has 0 spiro atoms. The van der Waals surface area contributed by atoms with E-state index in [1.165, 1.54) is 0 Å². The van der Waals surface area contributed by atoms with Gasteiger partial charge in [-0.25, -0.2) is 0 Å². The van der Waals surface area contributed by atoms with Crippen LogP contribution in [0.5, 0.6) is 0 Å². The molecule has 1 aliphatic rings. The molecule has 0 saturated carbocycles. The monoisotopic (exact) mass is 270 g/mol. The quantitative estimate of drug-likeness (QED) is 0.789. The van der Waals surface area contributed by atoms with E-state index in [1.54, 1.807) is 4.90 Å². The minimum atomic E-state index is -0.0575. The van der Waals surface area contributed by atoms with E-state index >= 15 is 0 Å². The lowest BCUT2D eigenvalue weighted by molar-refractivity contribution is -0.117. The third kappa shape index (κ3) is 1.78. The average molecular weight is 271 g/mol. The van der Waals surface area contributed by atoms with Gasteiger partial charge in [0.05, 0.1) is 0 Å². The molecule has 1 heterocycles. The predicted molar refractivity (Wildman–Crippen MR) is 62.2 cm³/mol. The number of nitrogens with zero attached hydrogens (tertiary/aromatic N) is 1. The van der Waals surface area contributed by atoms with Crippen molar-refractivity contribution in [3.63, 3.8) is 0 Å². The summed E-state index contributed by atoms with van der Waals surface area (Å²) in [6.07, 6.45) is 0. The lowest BCUT2D eigenvalue weighted by atomic mass is 10.3. The van der Waals surface area contributed by atoms with E-state index in [-0.39, 0.29) is 5.91 Å². The zero-order valence-corrected chi connectivity index (χ0v) is 9.56. The van der Waals surface area contributed by atoms with Crippen molar-refractivity contribution < 1.29 is 4.79 Å². The van der Waals surface area contributed by atoms with Gasteiger partial charge in [-0.15, -0.1) is 0 Å². The van der Waals surface area contributed by atoms with Gasteiger partial charge in [-0.3, -0.25) is 4.79 Å². The fourth-order valence-electron chi connectivity index (χ4n) is 1.27. The zero-order chi connectivity index (χ0) is 10.1. The molecule has 1 amide bonds. The van der Waals surface area contributed by atoms with E-state index in [2.05, 4.69) is 21.2 Å². The molecule has 72 valence electrons. The van der Waals surface area contributed by atoms with Crippen LogP contribution in [0, 0.1) is 0 Å². The molecule has 1 saturated heterocycles. The highest BCUT2D eigenvalue weighted by Gasteiger charge is 2.24. The number of benzene rings is 1. The van der Waals surface area contributed by atoms with Gasteiger partial charge in [0.1, 0.15) is 6.54 Å². The first-order valence-corrected chi connectivity index (χ1v) is 5.24. The number of carbonyl (C=O) groups is 1. The molecule has 0 radical (unpaired) electrons. The number of amides is 1. The first kappa shape index (κ1) is 9.61. The Balaban J connectivity index is 2.27. The van der Waals surface area contributed by atoms with Crippen LogP contribution >= 0.6 is 28.1 Å². The van der Waals surface area contributed by atoms with Crippen LogP contribution in [0.2, 0.25) is 0 Å². The van der Waals surface area contributed by atoms with Crippen molar-refractivity contribution >= 4 is 44.9 Å². The lowest BCUT2D eigenvalue weighted by Crippen LogP contribution is -2.27. The molecule has 1 N–H and O–H groups in total. The summed E-state index contributed by atoms with van der Waals surface area (Å²) in [7, 11) is 0. The Morgan fingerprint density at radius 2 is 2.00 bits per heavy atom. The van der Waals surface area contributed by atoms with Crippen molar-refractivity contribution in [2.45, 2.75) is 0 Å². The van der Waals surface area contributed by atoms with E-state index in [4.69, 9.17) is 12.2 Å². The first-order valence-electron chi connectivity index (χ1n) is 4.04. The molecule has 1 fully saturated rings. The molecule has 0 aliphatic carbocycles. The van der Waals surface area contributed by atoms with Gasteiger partial charge in [-0.1, -0.05) is 15.9 Å². The summed E-state index contributed by atoms with van der Waals surface area (Å²) < 4.78 is 1.01. The van der Waals surface area contributed by atoms with Gasteiger partial charge in [0.25, 0.3) is 0 Å². The largest absolute Gasteiger partial charge is 0.309 e. The van der Waals surface area contributed by atoms with Crippen molar-refractivity contribution in [1.29, 1.82) is 0 Å². The van der Waals surface area contributed by atoms with E-state index in [0.29, 0.717) is 11.7 Å². The maximum atomic E-state index is 11.1. The molecule has 0 aromatic heterocycles. The first-order chi connectivity index (χ1) is 6.66. The second-order valence-corrected chi connectivity index (χ2v) is 4.22. The second kappa shape index (κ2) is 3.67. The second-order valence-electron chi connectivity index (χ2n) is 2.92. The van der Waals surface area contributed by atoms with Crippen molar-refractivity contribution in [3.8, 4) is 0 Å². The van der Waals surface area contributed by atoms with Crippen molar-refractivity contribution in [3.05, 3.63) is 28.7 Å². The van der Waals surface area contributed by atoms with Crippen LogP contribution in [-0.4, -0.2) is 17.6 Å². The number of hydrogen-bond donors (Lipinski definition) is 1. The third-order valence-corrected chi connectivity index (χ3v) is 2.78. The van der Waals surface area contributed by atoms with Gasteiger partial charge in [-0.05, 0) is 36.5 Å². The van der Waals surface area contributed by atoms with Crippen LogP contribution in [0.25, 0.3) is 0 Å². The van der Waals surface area contributed by atoms with Crippen LogP contribution in [0.3, 0.4) is 0 Å². The third-order valence-electron chi connectivity index (χ3n) is 1.93. The van der Waals surface area contributed by atoms with E-state index in [0.717, 1.165) is 10.2 Å². The molecular formula is C9H7BrN2OS. The summed E-state index contributed by atoms with van der Waals surface area (Å²) in [5.41, 5.74) is 0.927. The van der Waals surface area contributed by atoms with Crippen molar-refractivity contribution in [2.24, 2.45) is 0 Å². The lowest BCUT2D eigenvalue weighted by Gasteiger charge is -2.15. The standard InChI is InChI=1S/C9H7BrN2OS/c10-6-1-3-7(4-2-6)12-5-8(13)11-9(12)14/h1-4H,5H2,(H,11,13,14). The number of rotatable bonds is 1. The van der Waals surface area contributed by atoms with E-state index in [1.807, 2.05) is 24.3 Å². The highest BCUT2D eigenvalue weighted by Crippen LogP contribution is 2.19. The molecule has 1 aromatic rings. The highest BCUT2D eigenvalue weighted by molar-refractivity contribution is 9.10. The van der Waals surface area contributed by atoms with Crippen LogP contribution < -0.4 is 10.2 Å². The number of hydrogen-bond acceptors (Lipinski definition) is 2. The highest BCUT2D eigenvalue weighted by atomic mass is 79.9. The Morgan fingerprint density at radius 1 is 1.36 bits per heavy atom. The van der Waals surface area contributed by atoms with Gasteiger partial charge in [0.15, 0.2) is 5.11 Å². The molecule has 2 rings (SSSR count). The summed E-state index contributed by atoms with van der Waals surface area (Å²) in [6, 6.07) is 7.66. The minimum Gasteiger partial charge on any atom is -0.309 e. The van der Waals surface area contributed by atoms with Crippen molar-refractivity contribution in [2.75, 3.05) is 11.4 Å². The Labute approximate surface area is 95.2 Å². The zero-order valence-electron chi connectivity index (χ0n) is 7.16. The Morgan fingerprint density at radius 3 is 2.50 bits per heavy atom. The molecule has 0 atom stereocenters. The Kier molecular flexibility index (Phi) is 2.52. The molecule has 3 nitrogen and oxygen atoms in total. The molecule has 14 heavy (non-hydrogen) atoms. The number of nitrogens with one attached hydrogen (secondary N) is 1. The molecule has 0 bridgehead atoms. The summed E-state index contributed by atoms with van der Waals surface area (Å²) in [5.74, 6) is -0.0575. The van der Waals surface area contributed by atoms with Gasteiger partial charge in [0, 0.05) is 10.2 Å². The fraction of sp³-hybridized carbons (Fsp3) is 0.111. The van der Waals surface area contributed by atoms with E-state index in [9.17, 15) is 4.79 Å². The smallest absolute Gasteiger partial charge is 0.246 e. The van der Waals surface area contributed by atoms with Crippen LogP contribution in [0.1, 0.15) is 0 Å². The summed E-state index contributed by atoms with van der Waals surface area (Å²) in [4.78, 5) is 12.8. The molecule has 1 aromatic carbocycles. The van der Waals surface area contributed by atoms with Gasteiger partial charge < -0.3 is 10.2 Å². The summed E-state index contributed by atoms with van der Waals surface area (Å²) >= 11 is 8.36. The Bertz CT molecular complexity index is 390. The van der Waals surface area contributed by atoms with E-state index < -0.39 is 0 Å². The number of anilines is 1. The Hall–Kier alpha value is -0.940. The van der Waals surface area contributed by atoms with Gasteiger partial charge in [-0.2, -0.15) is 0 Å². The maximum Gasteiger partial charge on any atom is 0.246 e. The van der Waals surface area contributed by atoms with Crippen LogP contribution in [0.4, 0.5) is 5.69 Å². The summed E-state index contributed by atoms with van der Waals surface area (Å²) in [6.45, 7) is 0.306. The minimum absolute atomic E-state index is 0.0575. The molecular weight excluding hydrogens is 264 g/mol. The van der Waals surface area contributed by atoms with Gasteiger partial charge >= 0.3 is 0 Å². The predicted octanol–water partition coefficient (Wildman–Crippen LogP) is 1.67. The SMILES string of the molecule is O=C1CN(c2ccc(Br)cc2)C(=S)N1. The van der Waals surface area contributed by atoms with Crippen molar-refractivity contribution in [1.82, 2.24) is 5.32 Å².